The second-order valence-corrected chi connectivity index (χ2v) is 4.62. The van der Waals surface area contributed by atoms with Crippen molar-refractivity contribution in [2.45, 2.75) is 54.0 Å². The predicted octanol–water partition coefficient (Wildman–Crippen LogP) is 4.53. The van der Waals surface area contributed by atoms with Crippen LogP contribution in [0.4, 0.5) is 0 Å². The van der Waals surface area contributed by atoms with Gasteiger partial charge in [0.25, 0.3) is 0 Å². The van der Waals surface area contributed by atoms with E-state index in [2.05, 4.69) is 27.0 Å². The lowest BCUT2D eigenvalue weighted by molar-refractivity contribution is -0.148. The fourth-order valence-corrected chi connectivity index (χ4v) is 1.66. The summed E-state index contributed by atoms with van der Waals surface area (Å²) in [7, 11) is 0. The molecule has 0 radical (unpaired) electrons. The molecule has 1 unspecified atom stereocenters. The van der Waals surface area contributed by atoms with Gasteiger partial charge in [-0.15, -0.1) is 0 Å². The Kier molecular flexibility index (Phi) is 13.0. The average molecular weight is 281 g/mol. The second kappa shape index (κ2) is 12.5. The number of allylic oxidation sites excluding steroid dienone is 3. The van der Waals surface area contributed by atoms with Gasteiger partial charge in [-0.1, -0.05) is 46.9 Å². The molecule has 0 aromatic rings. The Morgan fingerprint density at radius 3 is 2.25 bits per heavy atom. The first-order chi connectivity index (χ1) is 9.43. The quantitative estimate of drug-likeness (QED) is 0.484. The molecule has 0 spiro atoms. The minimum Gasteiger partial charge on any atom is -0.464 e. The van der Waals surface area contributed by atoms with Crippen molar-refractivity contribution in [2.24, 2.45) is 5.92 Å². The van der Waals surface area contributed by atoms with E-state index in [4.69, 9.17) is 4.74 Å². The first-order valence-electron chi connectivity index (χ1n) is 7.33. The van der Waals surface area contributed by atoms with E-state index in [1.807, 2.05) is 38.8 Å². The predicted molar refractivity (Wildman–Crippen MR) is 87.2 cm³/mol. The van der Waals surface area contributed by atoms with Crippen LogP contribution in [0, 0.1) is 5.92 Å². The lowest BCUT2D eigenvalue weighted by atomic mass is 10.0. The molecule has 0 heterocycles. The van der Waals surface area contributed by atoms with Gasteiger partial charge in [0.2, 0.25) is 0 Å². The number of nitrogens with zero attached hydrogens (tertiary/aromatic N) is 1. The van der Waals surface area contributed by atoms with Crippen LogP contribution in [0.2, 0.25) is 0 Å². The zero-order valence-electron chi connectivity index (χ0n) is 14.0. The van der Waals surface area contributed by atoms with E-state index in [1.54, 1.807) is 12.2 Å². The molecule has 20 heavy (non-hydrogen) atoms. The number of ether oxygens (including phenoxy) is 1. The molecular formula is C17H31NO2. The fourth-order valence-electron chi connectivity index (χ4n) is 1.66. The van der Waals surface area contributed by atoms with E-state index in [0.717, 1.165) is 12.1 Å². The van der Waals surface area contributed by atoms with Crippen LogP contribution in [-0.2, 0) is 9.53 Å². The minimum atomic E-state index is -0.321. The van der Waals surface area contributed by atoms with Gasteiger partial charge in [0.1, 0.15) is 6.04 Å². The molecule has 1 atom stereocenters. The van der Waals surface area contributed by atoms with Gasteiger partial charge in [-0.05, 0) is 32.3 Å². The van der Waals surface area contributed by atoms with Crippen LogP contribution < -0.4 is 0 Å². The highest BCUT2D eigenvalue weighted by atomic mass is 16.5. The van der Waals surface area contributed by atoms with Gasteiger partial charge in [-0.3, -0.25) is 0 Å². The standard InChI is InChI=1S/C15H25NO2.C2H6/c1-7-9-10-16(13(5)6)14(11-12(3)4)15(17)18-8-2;1-2/h7,9-10,12,14H,1,5,8,11H2,2-4,6H3;1-2H3/b10-9-;. The topological polar surface area (TPSA) is 29.5 Å². The van der Waals surface area contributed by atoms with Crippen LogP contribution in [0.15, 0.2) is 37.2 Å². The van der Waals surface area contributed by atoms with Crippen LogP contribution >= 0.6 is 0 Å². The van der Waals surface area contributed by atoms with Crippen molar-refractivity contribution in [2.75, 3.05) is 6.61 Å². The van der Waals surface area contributed by atoms with Gasteiger partial charge in [-0.25, -0.2) is 4.79 Å². The summed E-state index contributed by atoms with van der Waals surface area (Å²) in [6.07, 6.45) is 6.02. The molecule has 0 aromatic heterocycles. The van der Waals surface area contributed by atoms with Crippen molar-refractivity contribution in [1.29, 1.82) is 0 Å². The maximum atomic E-state index is 12.0. The van der Waals surface area contributed by atoms with E-state index >= 15 is 0 Å². The first kappa shape index (κ1) is 20.8. The average Bonchev–Trinajstić information content (AvgIpc) is 2.39. The molecule has 3 heteroatoms. The van der Waals surface area contributed by atoms with Crippen molar-refractivity contribution in [3.05, 3.63) is 37.2 Å². The summed E-state index contributed by atoms with van der Waals surface area (Å²) in [6, 6.07) is -0.321. The molecule has 0 aliphatic rings. The van der Waals surface area contributed by atoms with Crippen molar-refractivity contribution >= 4 is 5.97 Å². The molecule has 0 aliphatic heterocycles. The van der Waals surface area contributed by atoms with E-state index in [1.165, 1.54) is 0 Å². The maximum absolute atomic E-state index is 12.0. The minimum absolute atomic E-state index is 0.206. The van der Waals surface area contributed by atoms with Crippen molar-refractivity contribution in [1.82, 2.24) is 4.90 Å². The van der Waals surface area contributed by atoms with E-state index in [0.29, 0.717) is 12.5 Å². The Balaban J connectivity index is 0. The van der Waals surface area contributed by atoms with Crippen LogP contribution in [0.1, 0.15) is 48.0 Å². The smallest absolute Gasteiger partial charge is 0.329 e. The summed E-state index contributed by atoms with van der Waals surface area (Å²) in [6.45, 7) is 19.8. The third-order valence-electron chi connectivity index (χ3n) is 2.41. The number of carbonyl (C=O) groups excluding carboxylic acids is 1. The van der Waals surface area contributed by atoms with Crippen LogP contribution in [-0.4, -0.2) is 23.5 Å². The molecule has 0 bridgehead atoms. The molecule has 0 fully saturated rings. The Bertz CT molecular complexity index is 319. The van der Waals surface area contributed by atoms with E-state index in [9.17, 15) is 4.79 Å². The molecule has 0 rings (SSSR count). The third kappa shape index (κ3) is 8.57. The molecule has 0 aromatic carbocycles. The van der Waals surface area contributed by atoms with Crippen molar-refractivity contribution in [3.8, 4) is 0 Å². The molecule has 0 amide bonds. The largest absolute Gasteiger partial charge is 0.464 e. The monoisotopic (exact) mass is 281 g/mol. The SMILES string of the molecule is C=C/C=C\N(C(=C)C)C(CC(C)C)C(=O)OCC.CC. The summed E-state index contributed by atoms with van der Waals surface area (Å²) in [5, 5.41) is 0. The molecule has 0 N–H and O–H groups in total. The number of rotatable bonds is 8. The maximum Gasteiger partial charge on any atom is 0.329 e. The molecule has 0 saturated carbocycles. The number of esters is 1. The van der Waals surface area contributed by atoms with E-state index in [-0.39, 0.29) is 12.0 Å². The summed E-state index contributed by atoms with van der Waals surface area (Å²) in [5.74, 6) is 0.196. The highest BCUT2D eigenvalue weighted by Gasteiger charge is 2.26. The lowest BCUT2D eigenvalue weighted by Crippen LogP contribution is -2.38. The normalized spacial score (nSPS) is 11.6. The van der Waals surface area contributed by atoms with Crippen molar-refractivity contribution in [3.63, 3.8) is 0 Å². The third-order valence-corrected chi connectivity index (χ3v) is 2.41. The molecule has 3 nitrogen and oxygen atoms in total. The van der Waals surface area contributed by atoms with Crippen LogP contribution in [0.3, 0.4) is 0 Å². The number of carbonyl (C=O) groups is 1. The summed E-state index contributed by atoms with van der Waals surface area (Å²) >= 11 is 0. The van der Waals surface area contributed by atoms with Crippen LogP contribution in [0.5, 0.6) is 0 Å². The van der Waals surface area contributed by atoms with Gasteiger partial charge in [0, 0.05) is 11.9 Å². The van der Waals surface area contributed by atoms with Gasteiger partial charge in [-0.2, -0.15) is 0 Å². The van der Waals surface area contributed by atoms with Gasteiger partial charge in [0.05, 0.1) is 6.61 Å². The Morgan fingerprint density at radius 2 is 1.90 bits per heavy atom. The molecule has 0 aliphatic carbocycles. The summed E-state index contributed by atoms with van der Waals surface area (Å²) in [5.41, 5.74) is 0.812. The Morgan fingerprint density at radius 1 is 1.35 bits per heavy atom. The van der Waals surface area contributed by atoms with Crippen molar-refractivity contribution < 1.29 is 9.53 Å². The highest BCUT2D eigenvalue weighted by Crippen LogP contribution is 2.18. The molecular weight excluding hydrogens is 250 g/mol. The van der Waals surface area contributed by atoms with E-state index < -0.39 is 0 Å². The van der Waals surface area contributed by atoms with Gasteiger partial charge >= 0.3 is 5.97 Å². The molecule has 0 saturated heterocycles. The lowest BCUT2D eigenvalue weighted by Gasteiger charge is -2.30. The summed E-state index contributed by atoms with van der Waals surface area (Å²) < 4.78 is 5.13. The number of hydrogen-bond donors (Lipinski definition) is 0. The zero-order chi connectivity index (χ0) is 16.1. The zero-order valence-corrected chi connectivity index (χ0v) is 14.0. The van der Waals surface area contributed by atoms with Crippen LogP contribution in [0.25, 0.3) is 0 Å². The summed E-state index contributed by atoms with van der Waals surface area (Å²) in [4.78, 5) is 13.9. The second-order valence-electron chi connectivity index (χ2n) is 4.62. The fraction of sp³-hybridized carbons (Fsp3) is 0.588. The Labute approximate surface area is 125 Å². The Hall–Kier alpha value is -1.51. The van der Waals surface area contributed by atoms with Gasteiger partial charge < -0.3 is 9.64 Å². The number of hydrogen-bond acceptors (Lipinski definition) is 3. The first-order valence-corrected chi connectivity index (χ1v) is 7.33. The highest BCUT2D eigenvalue weighted by molar-refractivity contribution is 5.76. The molecule has 116 valence electrons. The van der Waals surface area contributed by atoms with Gasteiger partial charge in [0.15, 0.2) is 0 Å².